The summed E-state index contributed by atoms with van der Waals surface area (Å²) in [5.41, 5.74) is 0.392. The van der Waals surface area contributed by atoms with E-state index in [0.29, 0.717) is 10.9 Å². The molecular weight excluding hydrogens is 354 g/mol. The summed E-state index contributed by atoms with van der Waals surface area (Å²) >= 11 is 12.2. The standard InChI is InChI=1S/C17H9Cl2FN2O2/c1-23-13-7-3-5-11(20)16(13)24-12-6-2-4-9-14(18)10(8-21)17(19)22-15(9)12/h2-7H,1H3. The lowest BCUT2D eigenvalue weighted by atomic mass is 10.1. The van der Waals surface area contributed by atoms with Crippen molar-refractivity contribution in [2.24, 2.45) is 0 Å². The van der Waals surface area contributed by atoms with Gasteiger partial charge in [-0.1, -0.05) is 41.4 Å². The van der Waals surface area contributed by atoms with Crippen LogP contribution in [0.15, 0.2) is 36.4 Å². The van der Waals surface area contributed by atoms with E-state index in [1.807, 2.05) is 6.07 Å². The van der Waals surface area contributed by atoms with E-state index in [1.54, 1.807) is 24.3 Å². The highest BCUT2D eigenvalue weighted by molar-refractivity contribution is 6.39. The number of benzene rings is 2. The Bertz CT molecular complexity index is 986. The number of halogens is 3. The van der Waals surface area contributed by atoms with E-state index < -0.39 is 5.82 Å². The van der Waals surface area contributed by atoms with E-state index in [0.717, 1.165) is 0 Å². The maximum Gasteiger partial charge on any atom is 0.204 e. The molecule has 0 aliphatic heterocycles. The number of nitriles is 1. The number of aromatic nitrogens is 1. The van der Waals surface area contributed by atoms with Gasteiger partial charge in [0.1, 0.15) is 22.3 Å². The molecule has 0 fully saturated rings. The number of hydrogen-bond acceptors (Lipinski definition) is 4. The number of fused-ring (bicyclic) bond motifs is 1. The molecule has 3 rings (SSSR count). The molecule has 0 saturated heterocycles. The van der Waals surface area contributed by atoms with Gasteiger partial charge in [-0.15, -0.1) is 0 Å². The topological polar surface area (TPSA) is 55.1 Å². The van der Waals surface area contributed by atoms with E-state index in [4.69, 9.17) is 37.9 Å². The highest BCUT2D eigenvalue weighted by atomic mass is 35.5. The average Bonchev–Trinajstić information content (AvgIpc) is 2.57. The van der Waals surface area contributed by atoms with Crippen LogP contribution < -0.4 is 9.47 Å². The lowest BCUT2D eigenvalue weighted by molar-refractivity contribution is 0.365. The zero-order valence-corrected chi connectivity index (χ0v) is 13.8. The molecule has 1 heterocycles. The molecule has 0 atom stereocenters. The predicted molar refractivity (Wildman–Crippen MR) is 89.5 cm³/mol. The number of methoxy groups -OCH3 is 1. The van der Waals surface area contributed by atoms with Crippen LogP contribution in [-0.2, 0) is 0 Å². The smallest absolute Gasteiger partial charge is 0.204 e. The summed E-state index contributed by atoms with van der Waals surface area (Å²) in [6.45, 7) is 0. The summed E-state index contributed by atoms with van der Waals surface area (Å²) in [5.74, 6) is -0.190. The molecular formula is C17H9Cl2FN2O2. The van der Waals surface area contributed by atoms with Gasteiger partial charge in [-0.3, -0.25) is 0 Å². The maximum absolute atomic E-state index is 14.1. The monoisotopic (exact) mass is 362 g/mol. The predicted octanol–water partition coefficient (Wildman–Crippen LogP) is 5.35. The van der Waals surface area contributed by atoms with Gasteiger partial charge in [0.05, 0.1) is 12.1 Å². The van der Waals surface area contributed by atoms with Gasteiger partial charge in [-0.2, -0.15) is 5.26 Å². The van der Waals surface area contributed by atoms with Gasteiger partial charge in [-0.25, -0.2) is 9.37 Å². The van der Waals surface area contributed by atoms with Crippen LogP contribution in [0.3, 0.4) is 0 Å². The summed E-state index contributed by atoms with van der Waals surface area (Å²) in [7, 11) is 1.41. The van der Waals surface area contributed by atoms with Crippen LogP contribution in [0.2, 0.25) is 10.2 Å². The third-order valence-corrected chi connectivity index (χ3v) is 4.01. The van der Waals surface area contributed by atoms with Crippen LogP contribution in [0.4, 0.5) is 4.39 Å². The van der Waals surface area contributed by atoms with Gasteiger partial charge >= 0.3 is 0 Å². The molecule has 3 aromatic rings. The first-order valence-corrected chi connectivity index (χ1v) is 7.50. The molecule has 0 radical (unpaired) electrons. The first-order chi connectivity index (χ1) is 11.6. The first kappa shape index (κ1) is 16.3. The normalized spacial score (nSPS) is 10.5. The van der Waals surface area contributed by atoms with Crippen molar-refractivity contribution in [2.75, 3.05) is 7.11 Å². The van der Waals surface area contributed by atoms with Crippen molar-refractivity contribution in [2.45, 2.75) is 0 Å². The Morgan fingerprint density at radius 2 is 1.83 bits per heavy atom. The van der Waals surface area contributed by atoms with Gasteiger partial charge in [0, 0.05) is 5.39 Å². The van der Waals surface area contributed by atoms with E-state index in [2.05, 4.69) is 4.98 Å². The van der Waals surface area contributed by atoms with Crippen molar-refractivity contribution < 1.29 is 13.9 Å². The van der Waals surface area contributed by atoms with Crippen molar-refractivity contribution in [3.8, 4) is 23.3 Å². The van der Waals surface area contributed by atoms with Crippen LogP contribution in [0.25, 0.3) is 10.9 Å². The molecule has 0 unspecified atom stereocenters. The minimum atomic E-state index is -0.586. The van der Waals surface area contributed by atoms with Gasteiger partial charge in [0.25, 0.3) is 0 Å². The maximum atomic E-state index is 14.1. The molecule has 24 heavy (non-hydrogen) atoms. The van der Waals surface area contributed by atoms with Gasteiger partial charge in [0.2, 0.25) is 5.75 Å². The number of nitrogens with zero attached hydrogens (tertiary/aromatic N) is 2. The van der Waals surface area contributed by atoms with Crippen molar-refractivity contribution in [1.29, 1.82) is 5.26 Å². The largest absolute Gasteiger partial charge is 0.493 e. The van der Waals surface area contributed by atoms with Crippen molar-refractivity contribution in [3.63, 3.8) is 0 Å². The highest BCUT2D eigenvalue weighted by Crippen LogP contribution is 2.39. The summed E-state index contributed by atoms with van der Waals surface area (Å²) in [6, 6.07) is 11.2. The first-order valence-electron chi connectivity index (χ1n) is 6.75. The second-order valence-electron chi connectivity index (χ2n) is 4.73. The molecule has 0 aliphatic rings. The van der Waals surface area contributed by atoms with Crippen LogP contribution in [-0.4, -0.2) is 12.1 Å². The number of pyridine rings is 1. The quantitative estimate of drug-likeness (QED) is 0.589. The molecule has 7 heteroatoms. The Balaban J connectivity index is 2.21. The molecule has 4 nitrogen and oxygen atoms in total. The number of ether oxygens (including phenoxy) is 2. The van der Waals surface area contributed by atoms with E-state index in [9.17, 15) is 4.39 Å². The summed E-state index contributed by atoms with van der Waals surface area (Å²) < 4.78 is 24.9. The molecule has 0 spiro atoms. The third-order valence-electron chi connectivity index (χ3n) is 3.35. The summed E-state index contributed by atoms with van der Waals surface area (Å²) in [5, 5.41) is 9.70. The van der Waals surface area contributed by atoms with Gasteiger partial charge < -0.3 is 9.47 Å². The zero-order valence-electron chi connectivity index (χ0n) is 12.3. The molecule has 120 valence electrons. The Morgan fingerprint density at radius 3 is 2.54 bits per heavy atom. The van der Waals surface area contributed by atoms with Gasteiger partial charge in [-0.05, 0) is 18.2 Å². The fraction of sp³-hybridized carbons (Fsp3) is 0.0588. The molecule has 0 bridgehead atoms. The SMILES string of the molecule is COc1cccc(F)c1Oc1cccc2c(Cl)c(C#N)c(Cl)nc12. The minimum absolute atomic E-state index is 0.0495. The highest BCUT2D eigenvalue weighted by Gasteiger charge is 2.18. The molecule has 0 saturated carbocycles. The van der Waals surface area contributed by atoms with Crippen LogP contribution in [0.1, 0.15) is 5.56 Å². The Labute approximate surface area is 147 Å². The molecule has 0 amide bonds. The number of hydrogen-bond donors (Lipinski definition) is 0. The zero-order chi connectivity index (χ0) is 17.3. The summed E-state index contributed by atoms with van der Waals surface area (Å²) in [4.78, 5) is 4.16. The molecule has 0 N–H and O–H groups in total. The van der Waals surface area contributed by atoms with Crippen LogP contribution in [0, 0.1) is 17.1 Å². The van der Waals surface area contributed by atoms with Crippen molar-refractivity contribution >= 4 is 34.1 Å². The Morgan fingerprint density at radius 1 is 1.12 bits per heavy atom. The molecule has 2 aromatic carbocycles. The second-order valence-corrected chi connectivity index (χ2v) is 5.46. The summed E-state index contributed by atoms with van der Waals surface area (Å²) in [6.07, 6.45) is 0. The average molecular weight is 363 g/mol. The second kappa shape index (κ2) is 6.52. The fourth-order valence-electron chi connectivity index (χ4n) is 2.23. The third kappa shape index (κ3) is 2.71. The molecule has 0 aliphatic carbocycles. The number of para-hydroxylation sites is 2. The van der Waals surface area contributed by atoms with E-state index in [1.165, 1.54) is 19.2 Å². The number of rotatable bonds is 3. The lowest BCUT2D eigenvalue weighted by Crippen LogP contribution is -1.96. The Kier molecular flexibility index (Phi) is 4.43. The van der Waals surface area contributed by atoms with Crippen LogP contribution in [0.5, 0.6) is 17.2 Å². The minimum Gasteiger partial charge on any atom is -0.493 e. The van der Waals surface area contributed by atoms with Crippen LogP contribution >= 0.6 is 23.2 Å². The van der Waals surface area contributed by atoms with Crippen molar-refractivity contribution in [1.82, 2.24) is 4.98 Å². The fourth-order valence-corrected chi connectivity index (χ4v) is 2.78. The molecule has 1 aromatic heterocycles. The van der Waals surface area contributed by atoms with Gasteiger partial charge in [0.15, 0.2) is 17.3 Å². The van der Waals surface area contributed by atoms with Crippen molar-refractivity contribution in [3.05, 3.63) is 58.0 Å². The Hall–Kier alpha value is -2.55. The van der Waals surface area contributed by atoms with E-state index >= 15 is 0 Å². The van der Waals surface area contributed by atoms with E-state index in [-0.39, 0.29) is 33.0 Å². The lowest BCUT2D eigenvalue weighted by Gasteiger charge is -2.13.